The van der Waals surface area contributed by atoms with Gasteiger partial charge in [0, 0.05) is 19.8 Å². The Morgan fingerprint density at radius 2 is 2.19 bits per heavy atom. The summed E-state index contributed by atoms with van der Waals surface area (Å²) >= 11 is 0. The second-order valence-corrected chi connectivity index (χ2v) is 7.37. The number of fused-ring (bicyclic) bond motifs is 1. The maximum atomic E-state index is 9.75. The molecule has 4 heterocycles. The van der Waals surface area contributed by atoms with Gasteiger partial charge in [0.05, 0.1) is 42.1 Å². The number of aromatic amines is 1. The van der Waals surface area contributed by atoms with Gasteiger partial charge in [-0.25, -0.2) is 9.97 Å². The van der Waals surface area contributed by atoms with Crippen LogP contribution < -0.4 is 4.90 Å². The van der Waals surface area contributed by atoms with E-state index in [9.17, 15) is 5.26 Å². The molecule has 9 nitrogen and oxygen atoms in total. The fourth-order valence-electron chi connectivity index (χ4n) is 3.37. The standard InChI is InChI=1S/C18H22N8O/c1-11-9-27-8-7-26(11)17-21-14-13(12-5-6-20-23-12)24-25(4)15(14)16(22-17)18(2,3)10-19/h5-6,11H,7-9H2,1-4H3,(H,20,23)/t11-/m1/s1. The number of nitriles is 1. The van der Waals surface area contributed by atoms with E-state index in [1.54, 1.807) is 10.9 Å². The number of hydrogen-bond acceptors (Lipinski definition) is 7. The first kappa shape index (κ1) is 17.4. The number of anilines is 1. The van der Waals surface area contributed by atoms with Gasteiger partial charge in [-0.3, -0.25) is 9.78 Å². The van der Waals surface area contributed by atoms with E-state index in [0.29, 0.717) is 42.6 Å². The van der Waals surface area contributed by atoms with Crippen LogP contribution in [-0.2, 0) is 17.2 Å². The lowest BCUT2D eigenvalue weighted by Gasteiger charge is -2.34. The highest BCUT2D eigenvalue weighted by Gasteiger charge is 2.32. The summed E-state index contributed by atoms with van der Waals surface area (Å²) in [5.41, 5.74) is 2.83. The fraction of sp³-hybridized carbons (Fsp3) is 0.500. The Hall–Kier alpha value is -2.99. The van der Waals surface area contributed by atoms with E-state index in [0.717, 1.165) is 11.2 Å². The van der Waals surface area contributed by atoms with Gasteiger partial charge in [-0.15, -0.1) is 0 Å². The summed E-state index contributed by atoms with van der Waals surface area (Å²) in [5.74, 6) is 0.602. The zero-order valence-electron chi connectivity index (χ0n) is 15.9. The van der Waals surface area contributed by atoms with Crippen LogP contribution >= 0.6 is 0 Å². The highest BCUT2D eigenvalue weighted by molar-refractivity contribution is 5.91. The van der Waals surface area contributed by atoms with Crippen LogP contribution in [-0.4, -0.2) is 55.7 Å². The maximum Gasteiger partial charge on any atom is 0.226 e. The van der Waals surface area contributed by atoms with Crippen molar-refractivity contribution in [2.45, 2.75) is 32.2 Å². The third kappa shape index (κ3) is 2.82. The molecule has 0 unspecified atom stereocenters. The molecule has 0 bridgehead atoms. The van der Waals surface area contributed by atoms with Crippen molar-refractivity contribution in [1.29, 1.82) is 5.26 Å². The molecule has 0 aliphatic carbocycles. The highest BCUT2D eigenvalue weighted by Crippen LogP contribution is 2.34. The quantitative estimate of drug-likeness (QED) is 0.752. The molecule has 1 N–H and O–H groups in total. The molecule has 4 rings (SSSR count). The van der Waals surface area contributed by atoms with E-state index in [2.05, 4.69) is 33.2 Å². The Balaban J connectivity index is 2.01. The van der Waals surface area contributed by atoms with Gasteiger partial charge in [0.2, 0.25) is 5.95 Å². The number of ether oxygens (including phenoxy) is 1. The van der Waals surface area contributed by atoms with E-state index < -0.39 is 5.41 Å². The van der Waals surface area contributed by atoms with Gasteiger partial charge in [0.1, 0.15) is 16.7 Å². The Labute approximate surface area is 157 Å². The van der Waals surface area contributed by atoms with E-state index in [4.69, 9.17) is 14.7 Å². The summed E-state index contributed by atoms with van der Waals surface area (Å²) in [6.45, 7) is 7.77. The van der Waals surface area contributed by atoms with Crippen LogP contribution in [0.1, 0.15) is 26.5 Å². The lowest BCUT2D eigenvalue weighted by Crippen LogP contribution is -2.44. The van der Waals surface area contributed by atoms with Crippen molar-refractivity contribution in [2.75, 3.05) is 24.7 Å². The van der Waals surface area contributed by atoms with Crippen LogP contribution in [0.5, 0.6) is 0 Å². The molecular formula is C18H22N8O. The Kier molecular flexibility index (Phi) is 4.08. The minimum absolute atomic E-state index is 0.154. The Morgan fingerprint density at radius 3 is 2.85 bits per heavy atom. The summed E-state index contributed by atoms with van der Waals surface area (Å²) < 4.78 is 7.29. The molecule has 1 saturated heterocycles. The predicted octanol–water partition coefficient (Wildman–Crippen LogP) is 1.78. The van der Waals surface area contributed by atoms with Crippen molar-refractivity contribution in [3.05, 3.63) is 18.0 Å². The minimum atomic E-state index is -0.787. The zero-order chi connectivity index (χ0) is 19.2. The molecule has 27 heavy (non-hydrogen) atoms. The first-order valence-electron chi connectivity index (χ1n) is 8.93. The normalized spacial score (nSPS) is 18.0. The van der Waals surface area contributed by atoms with E-state index in [1.165, 1.54) is 0 Å². The summed E-state index contributed by atoms with van der Waals surface area (Å²) in [4.78, 5) is 11.8. The Morgan fingerprint density at radius 1 is 1.37 bits per heavy atom. The number of H-pyrrole nitrogens is 1. The molecule has 9 heteroatoms. The smallest absolute Gasteiger partial charge is 0.226 e. The van der Waals surface area contributed by atoms with E-state index >= 15 is 0 Å². The number of nitrogens with zero attached hydrogens (tertiary/aromatic N) is 7. The van der Waals surface area contributed by atoms with Crippen molar-refractivity contribution < 1.29 is 4.74 Å². The van der Waals surface area contributed by atoms with Gasteiger partial charge >= 0.3 is 0 Å². The molecular weight excluding hydrogens is 344 g/mol. The third-order valence-electron chi connectivity index (χ3n) is 4.92. The van der Waals surface area contributed by atoms with E-state index in [-0.39, 0.29) is 6.04 Å². The molecule has 3 aromatic heterocycles. The topological polar surface area (TPSA) is 109 Å². The van der Waals surface area contributed by atoms with Crippen LogP contribution in [0.2, 0.25) is 0 Å². The average Bonchev–Trinajstić information content (AvgIpc) is 3.29. The van der Waals surface area contributed by atoms with Gasteiger partial charge < -0.3 is 9.64 Å². The number of aromatic nitrogens is 6. The molecule has 0 aromatic carbocycles. The molecule has 1 atom stereocenters. The first-order valence-corrected chi connectivity index (χ1v) is 8.93. The van der Waals surface area contributed by atoms with E-state index in [1.807, 2.05) is 27.0 Å². The summed E-state index contributed by atoms with van der Waals surface area (Å²) in [6.07, 6.45) is 1.68. The number of aryl methyl sites for hydroxylation is 1. The van der Waals surface area contributed by atoms with Crippen molar-refractivity contribution in [2.24, 2.45) is 7.05 Å². The minimum Gasteiger partial charge on any atom is -0.377 e. The molecule has 0 saturated carbocycles. The average molecular weight is 366 g/mol. The SMILES string of the molecule is C[C@@H]1COCCN1c1nc(C(C)(C)C#N)c2c(n1)c(-c1ccn[nH]1)nn2C. The molecule has 3 aromatic rings. The monoisotopic (exact) mass is 366 g/mol. The molecule has 1 aliphatic rings. The van der Waals surface area contributed by atoms with Crippen molar-refractivity contribution >= 4 is 17.0 Å². The number of morpholine rings is 1. The third-order valence-corrected chi connectivity index (χ3v) is 4.92. The lowest BCUT2D eigenvalue weighted by molar-refractivity contribution is 0.0981. The van der Waals surface area contributed by atoms with Crippen molar-refractivity contribution in [1.82, 2.24) is 29.9 Å². The van der Waals surface area contributed by atoms with Crippen LogP contribution in [0.25, 0.3) is 22.4 Å². The number of nitrogens with one attached hydrogen (secondary N) is 1. The summed E-state index contributed by atoms with van der Waals surface area (Å²) in [6, 6.07) is 4.38. The molecule has 0 amide bonds. The molecule has 140 valence electrons. The highest BCUT2D eigenvalue weighted by atomic mass is 16.5. The Bertz CT molecular complexity index is 1010. The van der Waals surface area contributed by atoms with Gasteiger partial charge in [0.25, 0.3) is 0 Å². The molecule has 0 spiro atoms. The van der Waals surface area contributed by atoms with Gasteiger partial charge in [-0.1, -0.05) is 0 Å². The second kappa shape index (κ2) is 6.32. The predicted molar refractivity (Wildman–Crippen MR) is 100 cm³/mol. The number of hydrogen-bond donors (Lipinski definition) is 1. The molecule has 1 aliphatic heterocycles. The van der Waals surface area contributed by atoms with Gasteiger partial charge in [-0.2, -0.15) is 15.5 Å². The second-order valence-electron chi connectivity index (χ2n) is 7.37. The van der Waals surface area contributed by atoms with Crippen molar-refractivity contribution in [3.63, 3.8) is 0 Å². The number of rotatable bonds is 3. The fourth-order valence-corrected chi connectivity index (χ4v) is 3.37. The van der Waals surface area contributed by atoms with Crippen molar-refractivity contribution in [3.8, 4) is 17.5 Å². The van der Waals surface area contributed by atoms with Gasteiger partial charge in [0.15, 0.2) is 0 Å². The van der Waals surface area contributed by atoms with Crippen LogP contribution in [0, 0.1) is 11.3 Å². The first-order chi connectivity index (χ1) is 12.9. The van der Waals surface area contributed by atoms with Gasteiger partial charge in [-0.05, 0) is 26.8 Å². The van der Waals surface area contributed by atoms with Crippen LogP contribution in [0.3, 0.4) is 0 Å². The zero-order valence-corrected chi connectivity index (χ0v) is 15.9. The summed E-state index contributed by atoms with van der Waals surface area (Å²) in [5, 5.41) is 21.4. The summed E-state index contributed by atoms with van der Waals surface area (Å²) in [7, 11) is 1.85. The largest absolute Gasteiger partial charge is 0.377 e. The van der Waals surface area contributed by atoms with Crippen LogP contribution in [0.15, 0.2) is 12.3 Å². The molecule has 0 radical (unpaired) electrons. The lowest BCUT2D eigenvalue weighted by atomic mass is 9.90. The van der Waals surface area contributed by atoms with Crippen LogP contribution in [0.4, 0.5) is 5.95 Å². The molecule has 1 fully saturated rings. The maximum absolute atomic E-state index is 9.75.